The minimum Gasteiger partial charge on any atom is -0.497 e. The Hall–Kier alpha value is -2.01. The molecular weight excluding hydrogens is 186 g/mol. The van der Waals surface area contributed by atoms with E-state index < -0.39 is 0 Å². The maximum absolute atomic E-state index is 5.19. The van der Waals surface area contributed by atoms with Crippen molar-refractivity contribution in [3.8, 4) is 18.1 Å². The molecule has 0 bridgehead atoms. The Kier molecular flexibility index (Phi) is 4.18. The summed E-state index contributed by atoms with van der Waals surface area (Å²) >= 11 is 0. The van der Waals surface area contributed by atoms with Gasteiger partial charge >= 0.3 is 0 Å². The van der Waals surface area contributed by atoms with Crippen molar-refractivity contribution in [2.45, 2.75) is 6.92 Å². The molecule has 0 atom stereocenters. The van der Waals surface area contributed by atoms with Crippen molar-refractivity contribution in [2.75, 3.05) is 7.11 Å². The number of methoxy groups -OCH3 is 1. The van der Waals surface area contributed by atoms with Gasteiger partial charge in [0.25, 0.3) is 0 Å². The van der Waals surface area contributed by atoms with Crippen molar-refractivity contribution in [3.63, 3.8) is 0 Å². The topological polar surface area (TPSA) is 21.6 Å². The van der Waals surface area contributed by atoms with Gasteiger partial charge in [-0.25, -0.2) is 0 Å². The van der Waals surface area contributed by atoms with Gasteiger partial charge < -0.3 is 4.74 Å². The third-order valence-corrected chi connectivity index (χ3v) is 1.85. The Bertz CT molecular complexity index is 407. The molecule has 0 spiro atoms. The summed E-state index contributed by atoms with van der Waals surface area (Å²) in [5.41, 5.74) is 1.73. The second-order valence-corrected chi connectivity index (χ2v) is 2.97. The van der Waals surface area contributed by atoms with Crippen LogP contribution < -0.4 is 4.74 Å². The van der Waals surface area contributed by atoms with Crippen molar-refractivity contribution in [1.29, 1.82) is 0 Å². The molecule has 0 unspecified atom stereocenters. The third-order valence-electron chi connectivity index (χ3n) is 1.85. The van der Waals surface area contributed by atoms with E-state index in [1.54, 1.807) is 19.4 Å². The maximum atomic E-state index is 5.19. The van der Waals surface area contributed by atoms with Crippen molar-refractivity contribution < 1.29 is 4.74 Å². The maximum Gasteiger partial charge on any atom is 0.119 e. The molecule has 0 fully saturated rings. The van der Waals surface area contributed by atoms with Gasteiger partial charge in [0.2, 0.25) is 0 Å². The highest BCUT2D eigenvalue weighted by Crippen LogP contribution is 2.16. The highest BCUT2D eigenvalue weighted by Gasteiger charge is 1.89. The summed E-state index contributed by atoms with van der Waals surface area (Å²) in [5, 5.41) is 0. The van der Waals surface area contributed by atoms with E-state index in [2.05, 4.69) is 10.9 Å². The van der Waals surface area contributed by atoms with Gasteiger partial charge in [0, 0.05) is 11.8 Å². The molecule has 0 aromatic heterocycles. The standard InChI is InChI=1S/C13H13NO/c1-4-11(2)9-10-14-12-5-7-13(15-3)8-6-12/h1,5-10H,2-3H3/b11-9+,14-10?. The molecule has 1 aromatic rings. The molecule has 0 amide bonds. The van der Waals surface area contributed by atoms with Crippen LogP contribution in [0.5, 0.6) is 5.75 Å². The van der Waals surface area contributed by atoms with Crippen LogP contribution in [0, 0.1) is 12.3 Å². The molecule has 15 heavy (non-hydrogen) atoms. The second-order valence-electron chi connectivity index (χ2n) is 2.97. The molecule has 1 aromatic carbocycles. The summed E-state index contributed by atoms with van der Waals surface area (Å²) in [6, 6.07) is 7.50. The van der Waals surface area contributed by atoms with Crippen LogP contribution in [0.2, 0.25) is 0 Å². The van der Waals surface area contributed by atoms with Crippen LogP contribution in [0.4, 0.5) is 5.69 Å². The minimum atomic E-state index is 0.823. The molecule has 0 saturated carbocycles. The van der Waals surface area contributed by atoms with Gasteiger partial charge in [0.15, 0.2) is 0 Å². The zero-order valence-corrected chi connectivity index (χ0v) is 8.90. The number of terminal acetylenes is 1. The van der Waals surface area contributed by atoms with Crippen LogP contribution in [-0.2, 0) is 0 Å². The Morgan fingerprint density at radius 1 is 1.40 bits per heavy atom. The zero-order valence-electron chi connectivity index (χ0n) is 8.90. The first-order chi connectivity index (χ1) is 7.26. The van der Waals surface area contributed by atoms with Crippen molar-refractivity contribution in [2.24, 2.45) is 4.99 Å². The normalized spacial score (nSPS) is 11.4. The lowest BCUT2D eigenvalue weighted by Gasteiger charge is -1.98. The molecule has 2 nitrogen and oxygen atoms in total. The monoisotopic (exact) mass is 199 g/mol. The first-order valence-corrected chi connectivity index (χ1v) is 4.58. The molecule has 0 N–H and O–H groups in total. The number of ether oxygens (including phenoxy) is 1. The number of hydrogen-bond donors (Lipinski definition) is 0. The summed E-state index contributed by atoms with van der Waals surface area (Å²) < 4.78 is 5.04. The number of aliphatic imine (C=N–C) groups is 1. The number of allylic oxidation sites excluding steroid dienone is 2. The van der Waals surface area contributed by atoms with E-state index in [0.717, 1.165) is 17.0 Å². The smallest absolute Gasteiger partial charge is 0.119 e. The number of nitrogens with zero attached hydrogens (tertiary/aromatic N) is 1. The number of rotatable bonds is 3. The Morgan fingerprint density at radius 2 is 2.07 bits per heavy atom. The van der Waals surface area contributed by atoms with Gasteiger partial charge in [-0.05, 0) is 37.3 Å². The first-order valence-electron chi connectivity index (χ1n) is 4.58. The number of hydrogen-bond acceptors (Lipinski definition) is 2. The van der Waals surface area contributed by atoms with E-state index >= 15 is 0 Å². The predicted molar refractivity (Wildman–Crippen MR) is 63.7 cm³/mol. The van der Waals surface area contributed by atoms with Crippen LogP contribution in [0.25, 0.3) is 0 Å². The molecule has 0 aliphatic heterocycles. The molecular formula is C13H13NO. The van der Waals surface area contributed by atoms with E-state index in [1.807, 2.05) is 31.2 Å². The highest BCUT2D eigenvalue weighted by molar-refractivity contribution is 5.76. The molecule has 0 aliphatic rings. The summed E-state index contributed by atoms with van der Waals surface area (Å²) in [7, 11) is 1.64. The van der Waals surface area contributed by atoms with Crippen molar-refractivity contribution >= 4 is 11.9 Å². The Balaban J connectivity index is 2.70. The molecule has 0 aliphatic carbocycles. The average Bonchev–Trinajstić information content (AvgIpc) is 2.29. The second kappa shape index (κ2) is 5.66. The van der Waals surface area contributed by atoms with E-state index in [0.29, 0.717) is 0 Å². The average molecular weight is 199 g/mol. The van der Waals surface area contributed by atoms with Crippen LogP contribution in [0.1, 0.15) is 6.92 Å². The first kappa shape index (κ1) is 11.1. The van der Waals surface area contributed by atoms with Gasteiger partial charge in [-0.15, -0.1) is 6.42 Å². The van der Waals surface area contributed by atoms with Gasteiger partial charge in [0.1, 0.15) is 5.75 Å². The van der Waals surface area contributed by atoms with Crippen molar-refractivity contribution in [3.05, 3.63) is 35.9 Å². The molecule has 0 saturated heterocycles. The quantitative estimate of drug-likeness (QED) is 0.541. The van der Waals surface area contributed by atoms with E-state index in [9.17, 15) is 0 Å². The van der Waals surface area contributed by atoms with E-state index in [-0.39, 0.29) is 0 Å². The van der Waals surface area contributed by atoms with Gasteiger partial charge in [-0.1, -0.05) is 5.92 Å². The lowest BCUT2D eigenvalue weighted by molar-refractivity contribution is 0.415. The molecule has 76 valence electrons. The fourth-order valence-corrected chi connectivity index (χ4v) is 0.952. The van der Waals surface area contributed by atoms with E-state index in [1.165, 1.54) is 0 Å². The zero-order chi connectivity index (χ0) is 11.1. The van der Waals surface area contributed by atoms with Gasteiger partial charge in [-0.3, -0.25) is 4.99 Å². The lowest BCUT2D eigenvalue weighted by Crippen LogP contribution is -1.79. The van der Waals surface area contributed by atoms with Gasteiger partial charge in [-0.2, -0.15) is 0 Å². The fourth-order valence-electron chi connectivity index (χ4n) is 0.952. The van der Waals surface area contributed by atoms with Crippen LogP contribution in [0.3, 0.4) is 0 Å². The minimum absolute atomic E-state index is 0.823. The van der Waals surface area contributed by atoms with Gasteiger partial charge in [0.05, 0.1) is 12.8 Å². The third kappa shape index (κ3) is 3.70. The largest absolute Gasteiger partial charge is 0.497 e. The lowest BCUT2D eigenvalue weighted by atomic mass is 10.3. The Morgan fingerprint density at radius 3 is 2.60 bits per heavy atom. The molecule has 0 heterocycles. The fraction of sp³-hybridized carbons (Fsp3) is 0.154. The summed E-state index contributed by atoms with van der Waals surface area (Å²) in [6.07, 6.45) is 8.68. The summed E-state index contributed by atoms with van der Waals surface area (Å²) in [5.74, 6) is 3.34. The summed E-state index contributed by atoms with van der Waals surface area (Å²) in [4.78, 5) is 4.22. The number of benzene rings is 1. The molecule has 2 heteroatoms. The highest BCUT2D eigenvalue weighted by atomic mass is 16.5. The molecule has 1 rings (SSSR count). The van der Waals surface area contributed by atoms with E-state index in [4.69, 9.17) is 11.2 Å². The molecule has 0 radical (unpaired) electrons. The summed E-state index contributed by atoms with van der Waals surface area (Å²) in [6.45, 7) is 1.86. The van der Waals surface area contributed by atoms with Crippen LogP contribution in [0.15, 0.2) is 40.9 Å². The van der Waals surface area contributed by atoms with Crippen LogP contribution >= 0.6 is 0 Å². The predicted octanol–water partition coefficient (Wildman–Crippen LogP) is 2.98. The van der Waals surface area contributed by atoms with Crippen LogP contribution in [-0.4, -0.2) is 13.3 Å². The SMILES string of the molecule is C#C/C(C)=C/C=Nc1ccc(OC)cc1. The Labute approximate surface area is 90.3 Å². The van der Waals surface area contributed by atoms with Crippen molar-refractivity contribution in [1.82, 2.24) is 0 Å².